The van der Waals surface area contributed by atoms with Crippen molar-refractivity contribution in [1.82, 2.24) is 9.78 Å². The van der Waals surface area contributed by atoms with E-state index < -0.39 is 0 Å². The van der Waals surface area contributed by atoms with Gasteiger partial charge < -0.3 is 10.6 Å². The molecular weight excluding hydrogens is 352 g/mol. The number of benzene rings is 2. The molecule has 132 valence electrons. The second-order valence-electron chi connectivity index (χ2n) is 5.73. The van der Waals surface area contributed by atoms with Gasteiger partial charge in [0.15, 0.2) is 0 Å². The number of hydrogen-bond donors (Lipinski definition) is 2. The van der Waals surface area contributed by atoms with Crippen molar-refractivity contribution in [1.29, 1.82) is 0 Å². The maximum Gasteiger partial charge on any atom is 0.273 e. The van der Waals surface area contributed by atoms with Gasteiger partial charge in [0.1, 0.15) is 5.69 Å². The number of carbonyl (C=O) groups excluding carboxylic acids is 2. The Balaban J connectivity index is 1.78. The number of aromatic nitrogens is 2. The Labute approximate surface area is 155 Å². The summed E-state index contributed by atoms with van der Waals surface area (Å²) in [5, 5.41) is 10.4. The zero-order chi connectivity index (χ0) is 18.7. The zero-order valence-corrected chi connectivity index (χ0v) is 15.0. The van der Waals surface area contributed by atoms with Crippen molar-refractivity contribution < 1.29 is 9.59 Å². The molecule has 26 heavy (non-hydrogen) atoms. The molecule has 6 nitrogen and oxygen atoms in total. The summed E-state index contributed by atoms with van der Waals surface area (Å²) >= 11 is 6.20. The molecular formula is C19H17ClN4O2. The van der Waals surface area contributed by atoms with Gasteiger partial charge in [-0.15, -0.1) is 0 Å². The molecule has 0 aliphatic rings. The highest BCUT2D eigenvalue weighted by Crippen LogP contribution is 2.27. The Hall–Kier alpha value is -3.12. The Morgan fingerprint density at radius 1 is 1.00 bits per heavy atom. The third-order valence-electron chi connectivity index (χ3n) is 3.73. The van der Waals surface area contributed by atoms with Gasteiger partial charge in [-0.25, -0.2) is 0 Å². The molecule has 0 fully saturated rings. The molecule has 2 aromatic carbocycles. The molecule has 1 aromatic heterocycles. The van der Waals surface area contributed by atoms with Crippen molar-refractivity contribution in [3.63, 3.8) is 0 Å². The molecule has 0 saturated carbocycles. The Bertz CT molecular complexity index is 964. The predicted molar refractivity (Wildman–Crippen MR) is 102 cm³/mol. The van der Waals surface area contributed by atoms with E-state index in [-0.39, 0.29) is 11.8 Å². The van der Waals surface area contributed by atoms with Crippen LogP contribution in [0.15, 0.2) is 54.6 Å². The number of nitrogens with one attached hydrogen (secondary N) is 2. The number of aryl methyl sites for hydroxylation is 1. The number of nitrogens with zero attached hydrogens (tertiary/aromatic N) is 2. The summed E-state index contributed by atoms with van der Waals surface area (Å²) in [6.45, 7) is 1.44. The van der Waals surface area contributed by atoms with Gasteiger partial charge in [-0.2, -0.15) is 5.10 Å². The normalized spacial score (nSPS) is 10.4. The molecule has 0 aliphatic heterocycles. The van der Waals surface area contributed by atoms with Gasteiger partial charge in [-0.3, -0.25) is 14.3 Å². The lowest BCUT2D eigenvalue weighted by Gasteiger charge is -2.07. The van der Waals surface area contributed by atoms with Crippen LogP contribution in [-0.4, -0.2) is 21.6 Å². The van der Waals surface area contributed by atoms with E-state index >= 15 is 0 Å². The van der Waals surface area contributed by atoms with E-state index in [0.717, 1.165) is 5.56 Å². The average molecular weight is 369 g/mol. The minimum atomic E-state index is -0.286. The lowest BCUT2D eigenvalue weighted by molar-refractivity contribution is -0.114. The van der Waals surface area contributed by atoms with Gasteiger partial charge in [0, 0.05) is 30.9 Å². The van der Waals surface area contributed by atoms with E-state index in [0.29, 0.717) is 27.8 Å². The van der Waals surface area contributed by atoms with E-state index in [2.05, 4.69) is 15.7 Å². The predicted octanol–water partition coefficient (Wildman–Crippen LogP) is 3.95. The number of halogens is 1. The molecule has 2 N–H and O–H groups in total. The smallest absolute Gasteiger partial charge is 0.273 e. The topological polar surface area (TPSA) is 76.0 Å². The van der Waals surface area contributed by atoms with Crippen LogP contribution in [0, 0.1) is 0 Å². The van der Waals surface area contributed by atoms with E-state index in [1.54, 1.807) is 43.4 Å². The van der Waals surface area contributed by atoms with Crippen LogP contribution >= 0.6 is 11.6 Å². The van der Waals surface area contributed by atoms with Gasteiger partial charge in [-0.05, 0) is 36.4 Å². The number of rotatable bonds is 4. The summed E-state index contributed by atoms with van der Waals surface area (Å²) < 4.78 is 1.51. The molecule has 0 unspecified atom stereocenters. The highest BCUT2D eigenvalue weighted by atomic mass is 35.5. The van der Waals surface area contributed by atoms with Crippen molar-refractivity contribution in [2.45, 2.75) is 6.92 Å². The van der Waals surface area contributed by atoms with E-state index in [1.165, 1.54) is 11.6 Å². The van der Waals surface area contributed by atoms with Gasteiger partial charge in [0.2, 0.25) is 5.91 Å². The molecule has 0 spiro atoms. The Morgan fingerprint density at radius 2 is 1.62 bits per heavy atom. The second-order valence-corrected chi connectivity index (χ2v) is 6.14. The first-order valence-corrected chi connectivity index (χ1v) is 8.30. The van der Waals surface area contributed by atoms with Gasteiger partial charge >= 0.3 is 0 Å². The first-order chi connectivity index (χ1) is 12.4. The summed E-state index contributed by atoms with van der Waals surface area (Å²) in [4.78, 5) is 23.6. The number of hydrogen-bond acceptors (Lipinski definition) is 3. The maximum absolute atomic E-state index is 12.6. The molecule has 0 bridgehead atoms. The average Bonchev–Trinajstić information content (AvgIpc) is 2.98. The molecule has 3 rings (SSSR count). The molecule has 0 saturated heterocycles. The molecule has 0 radical (unpaired) electrons. The van der Waals surface area contributed by atoms with Gasteiger partial charge in [0.25, 0.3) is 5.91 Å². The monoisotopic (exact) mass is 368 g/mol. The van der Waals surface area contributed by atoms with E-state index in [9.17, 15) is 9.59 Å². The van der Waals surface area contributed by atoms with Gasteiger partial charge in [-0.1, -0.05) is 29.8 Å². The van der Waals surface area contributed by atoms with Crippen LogP contribution in [0.4, 0.5) is 11.4 Å². The third-order valence-corrected chi connectivity index (χ3v) is 4.05. The molecule has 2 amide bonds. The van der Waals surface area contributed by atoms with Crippen molar-refractivity contribution in [2.75, 3.05) is 10.6 Å². The van der Waals surface area contributed by atoms with E-state index in [4.69, 9.17) is 11.6 Å². The summed E-state index contributed by atoms with van der Waals surface area (Å²) in [6.07, 6.45) is 0. The van der Waals surface area contributed by atoms with Crippen LogP contribution < -0.4 is 10.6 Å². The SMILES string of the molecule is CC(=O)Nc1ccc(NC(=O)c2cc(-c3ccccc3Cl)nn2C)cc1. The van der Waals surface area contributed by atoms with Crippen molar-refractivity contribution >= 4 is 34.8 Å². The molecule has 7 heteroatoms. The zero-order valence-electron chi connectivity index (χ0n) is 14.3. The number of carbonyl (C=O) groups is 2. The largest absolute Gasteiger partial charge is 0.326 e. The van der Waals surface area contributed by atoms with Crippen LogP contribution in [0.1, 0.15) is 17.4 Å². The molecule has 0 atom stereocenters. The highest BCUT2D eigenvalue weighted by Gasteiger charge is 2.16. The number of anilines is 2. The summed E-state index contributed by atoms with van der Waals surface area (Å²) in [5.74, 6) is -0.436. The number of amides is 2. The fourth-order valence-electron chi connectivity index (χ4n) is 2.52. The van der Waals surface area contributed by atoms with Crippen molar-refractivity contribution in [2.24, 2.45) is 7.05 Å². The molecule has 0 aliphatic carbocycles. The van der Waals surface area contributed by atoms with Crippen LogP contribution in [0.3, 0.4) is 0 Å². The lowest BCUT2D eigenvalue weighted by atomic mass is 10.1. The lowest BCUT2D eigenvalue weighted by Crippen LogP contribution is -2.16. The highest BCUT2D eigenvalue weighted by molar-refractivity contribution is 6.33. The second kappa shape index (κ2) is 7.41. The van der Waals surface area contributed by atoms with Crippen molar-refractivity contribution in [3.8, 4) is 11.3 Å². The van der Waals surface area contributed by atoms with Crippen molar-refractivity contribution in [3.05, 3.63) is 65.3 Å². The minimum absolute atomic E-state index is 0.149. The fraction of sp³-hybridized carbons (Fsp3) is 0.105. The standard InChI is InChI=1S/C19H17ClN4O2/c1-12(25)21-13-7-9-14(10-8-13)22-19(26)18-11-17(23-24(18)2)15-5-3-4-6-16(15)20/h3-11H,1-2H3,(H,21,25)(H,22,26). The Kier molecular flexibility index (Phi) is 5.04. The minimum Gasteiger partial charge on any atom is -0.326 e. The molecule has 3 aromatic rings. The maximum atomic E-state index is 12.6. The summed E-state index contributed by atoms with van der Waals surface area (Å²) in [7, 11) is 1.70. The first kappa shape index (κ1) is 17.7. The van der Waals surface area contributed by atoms with E-state index in [1.807, 2.05) is 18.2 Å². The third kappa shape index (κ3) is 3.92. The summed E-state index contributed by atoms with van der Waals surface area (Å²) in [6, 6.07) is 15.9. The van der Waals surface area contributed by atoms with Crippen LogP contribution in [0.25, 0.3) is 11.3 Å². The molecule has 1 heterocycles. The van der Waals surface area contributed by atoms with Crippen LogP contribution in [-0.2, 0) is 11.8 Å². The van der Waals surface area contributed by atoms with Gasteiger partial charge in [0.05, 0.1) is 10.7 Å². The Morgan fingerprint density at radius 3 is 2.23 bits per heavy atom. The first-order valence-electron chi connectivity index (χ1n) is 7.92. The fourth-order valence-corrected chi connectivity index (χ4v) is 2.75. The quantitative estimate of drug-likeness (QED) is 0.732. The van der Waals surface area contributed by atoms with Crippen LogP contribution in [0.5, 0.6) is 0 Å². The summed E-state index contributed by atoms with van der Waals surface area (Å²) in [5.41, 5.74) is 3.08. The van der Waals surface area contributed by atoms with Crippen LogP contribution in [0.2, 0.25) is 5.02 Å².